The number of benzene rings is 2. The molecule has 22 heavy (non-hydrogen) atoms. The predicted octanol–water partition coefficient (Wildman–Crippen LogP) is 3.83. The molecule has 3 aromatic rings. The Morgan fingerprint density at radius 2 is 1.77 bits per heavy atom. The summed E-state index contributed by atoms with van der Waals surface area (Å²) in [5.74, 6) is -0.320. The molecule has 1 heterocycles. The lowest BCUT2D eigenvalue weighted by Gasteiger charge is -2.09. The van der Waals surface area contributed by atoms with E-state index in [4.69, 9.17) is 12.2 Å². The van der Waals surface area contributed by atoms with Gasteiger partial charge in [0.2, 0.25) is 0 Å². The Bertz CT molecular complexity index is 916. The Labute approximate surface area is 131 Å². The number of hydrogen-bond donors (Lipinski definition) is 2. The van der Waals surface area contributed by atoms with Crippen molar-refractivity contribution in [2.45, 2.75) is 6.42 Å². The van der Waals surface area contributed by atoms with E-state index < -0.39 is 0 Å². The summed E-state index contributed by atoms with van der Waals surface area (Å²) < 4.78 is 13.6. The lowest BCUT2D eigenvalue weighted by atomic mass is 10.0. The van der Waals surface area contributed by atoms with Crippen LogP contribution in [0.25, 0.3) is 11.3 Å². The summed E-state index contributed by atoms with van der Waals surface area (Å²) in [5.41, 5.74) is 2.54. The van der Waals surface area contributed by atoms with Gasteiger partial charge in [0.25, 0.3) is 5.56 Å². The van der Waals surface area contributed by atoms with Crippen LogP contribution in [0, 0.1) is 10.6 Å². The van der Waals surface area contributed by atoms with E-state index in [1.807, 2.05) is 30.3 Å². The molecule has 2 N–H and O–H groups in total. The van der Waals surface area contributed by atoms with Gasteiger partial charge in [0.05, 0.1) is 5.69 Å². The summed E-state index contributed by atoms with van der Waals surface area (Å²) in [7, 11) is 0. The first-order valence-corrected chi connectivity index (χ1v) is 7.19. The topological polar surface area (TPSA) is 48.6 Å². The van der Waals surface area contributed by atoms with E-state index in [1.54, 1.807) is 12.1 Å². The summed E-state index contributed by atoms with van der Waals surface area (Å²) in [6.07, 6.45) is 0.323. The van der Waals surface area contributed by atoms with Crippen molar-refractivity contribution in [2.24, 2.45) is 0 Å². The lowest BCUT2D eigenvalue weighted by molar-refractivity contribution is 0.626. The molecule has 0 aliphatic heterocycles. The maximum absolute atomic E-state index is 13.3. The number of halogens is 1. The van der Waals surface area contributed by atoms with Gasteiger partial charge in [-0.25, -0.2) is 4.39 Å². The number of H-pyrrole nitrogens is 2. The molecule has 0 saturated carbocycles. The number of aromatic nitrogens is 2. The average molecular weight is 312 g/mol. The van der Waals surface area contributed by atoms with Crippen molar-refractivity contribution in [3.63, 3.8) is 0 Å². The maximum Gasteiger partial charge on any atom is 0.255 e. The van der Waals surface area contributed by atoms with E-state index >= 15 is 0 Å². The Kier molecular flexibility index (Phi) is 3.98. The fourth-order valence-corrected chi connectivity index (χ4v) is 2.58. The third kappa shape index (κ3) is 3.04. The molecular formula is C17H13FN2OS. The standard InChI is InChI=1S/C17H13FN2OS/c18-13-8-4-5-11(9-13)10-14-15(12-6-2-1-3-7-12)19-17(22)20-16(14)21/h1-9H,10H2,(H2,19,20,21,22). The van der Waals surface area contributed by atoms with E-state index in [2.05, 4.69) is 9.97 Å². The second kappa shape index (κ2) is 6.07. The van der Waals surface area contributed by atoms with Gasteiger partial charge in [-0.2, -0.15) is 0 Å². The second-order valence-electron chi connectivity index (χ2n) is 4.93. The van der Waals surface area contributed by atoms with Crippen molar-refractivity contribution in [1.82, 2.24) is 9.97 Å². The molecule has 0 unspecified atom stereocenters. The largest absolute Gasteiger partial charge is 0.331 e. The fraction of sp³-hybridized carbons (Fsp3) is 0.0588. The molecule has 0 bridgehead atoms. The van der Waals surface area contributed by atoms with Gasteiger partial charge in [-0.1, -0.05) is 42.5 Å². The number of nitrogens with one attached hydrogen (secondary N) is 2. The van der Waals surface area contributed by atoms with Crippen molar-refractivity contribution in [3.05, 3.63) is 86.7 Å². The third-order valence-electron chi connectivity index (χ3n) is 3.37. The first-order chi connectivity index (χ1) is 10.6. The zero-order chi connectivity index (χ0) is 15.5. The maximum atomic E-state index is 13.3. The number of aromatic amines is 2. The van der Waals surface area contributed by atoms with E-state index in [0.29, 0.717) is 17.7 Å². The minimum absolute atomic E-state index is 0.258. The first-order valence-electron chi connectivity index (χ1n) is 6.79. The Morgan fingerprint density at radius 3 is 2.50 bits per heavy atom. The Balaban J connectivity index is 2.15. The highest BCUT2D eigenvalue weighted by Crippen LogP contribution is 2.21. The quantitative estimate of drug-likeness (QED) is 0.722. The zero-order valence-corrected chi connectivity index (χ0v) is 12.4. The molecule has 0 aliphatic carbocycles. The summed E-state index contributed by atoms with van der Waals surface area (Å²) in [4.78, 5) is 17.9. The molecule has 2 aromatic carbocycles. The summed E-state index contributed by atoms with van der Waals surface area (Å²) in [5, 5.41) is 0. The molecule has 5 heteroatoms. The van der Waals surface area contributed by atoms with Gasteiger partial charge in [-0.3, -0.25) is 9.78 Å². The second-order valence-corrected chi connectivity index (χ2v) is 5.34. The molecule has 3 nitrogen and oxygen atoms in total. The van der Waals surface area contributed by atoms with Gasteiger partial charge < -0.3 is 4.98 Å². The third-order valence-corrected chi connectivity index (χ3v) is 3.58. The van der Waals surface area contributed by atoms with Gasteiger partial charge in [0.15, 0.2) is 4.77 Å². The van der Waals surface area contributed by atoms with Crippen LogP contribution >= 0.6 is 12.2 Å². The highest BCUT2D eigenvalue weighted by Gasteiger charge is 2.11. The summed E-state index contributed by atoms with van der Waals surface area (Å²) in [6, 6.07) is 15.7. The number of hydrogen-bond acceptors (Lipinski definition) is 2. The average Bonchev–Trinajstić information content (AvgIpc) is 2.51. The normalized spacial score (nSPS) is 10.6. The van der Waals surface area contributed by atoms with Crippen LogP contribution in [0.2, 0.25) is 0 Å². The van der Waals surface area contributed by atoms with Crippen LogP contribution in [0.3, 0.4) is 0 Å². The highest BCUT2D eigenvalue weighted by molar-refractivity contribution is 7.71. The van der Waals surface area contributed by atoms with E-state index in [1.165, 1.54) is 12.1 Å². The fourth-order valence-electron chi connectivity index (χ4n) is 2.38. The van der Waals surface area contributed by atoms with E-state index in [9.17, 15) is 9.18 Å². The number of rotatable bonds is 3. The van der Waals surface area contributed by atoms with Gasteiger partial charge in [-0.15, -0.1) is 0 Å². The molecular weight excluding hydrogens is 299 g/mol. The van der Waals surface area contributed by atoms with E-state index in [-0.39, 0.29) is 16.1 Å². The molecule has 0 amide bonds. The van der Waals surface area contributed by atoms with E-state index in [0.717, 1.165) is 11.1 Å². The van der Waals surface area contributed by atoms with Crippen LogP contribution in [-0.2, 0) is 6.42 Å². The first kappa shape index (κ1) is 14.4. The van der Waals surface area contributed by atoms with Gasteiger partial charge in [0.1, 0.15) is 5.82 Å². The molecule has 3 rings (SSSR count). The van der Waals surface area contributed by atoms with Gasteiger partial charge in [0, 0.05) is 12.0 Å². The molecule has 0 spiro atoms. The van der Waals surface area contributed by atoms with Crippen LogP contribution in [0.15, 0.2) is 59.4 Å². The molecule has 0 aliphatic rings. The lowest BCUT2D eigenvalue weighted by Crippen LogP contribution is -2.16. The molecule has 0 radical (unpaired) electrons. The summed E-state index contributed by atoms with van der Waals surface area (Å²) in [6.45, 7) is 0. The molecule has 0 saturated heterocycles. The molecule has 0 atom stereocenters. The van der Waals surface area contributed by atoms with Crippen molar-refractivity contribution < 1.29 is 4.39 Å². The van der Waals surface area contributed by atoms with Crippen LogP contribution in [0.4, 0.5) is 4.39 Å². The molecule has 1 aromatic heterocycles. The Morgan fingerprint density at radius 1 is 1.00 bits per heavy atom. The SMILES string of the molecule is O=c1[nH]c(=S)[nH]c(-c2ccccc2)c1Cc1cccc(F)c1. The minimum atomic E-state index is -0.320. The minimum Gasteiger partial charge on any atom is -0.331 e. The predicted molar refractivity (Wildman–Crippen MR) is 86.9 cm³/mol. The van der Waals surface area contributed by atoms with Gasteiger partial charge in [-0.05, 0) is 35.5 Å². The van der Waals surface area contributed by atoms with Crippen LogP contribution in [-0.4, -0.2) is 9.97 Å². The van der Waals surface area contributed by atoms with Crippen molar-refractivity contribution in [1.29, 1.82) is 0 Å². The van der Waals surface area contributed by atoms with Crippen LogP contribution in [0.1, 0.15) is 11.1 Å². The smallest absolute Gasteiger partial charge is 0.255 e. The Hall–Kier alpha value is -2.53. The summed E-state index contributed by atoms with van der Waals surface area (Å²) >= 11 is 5.06. The van der Waals surface area contributed by atoms with Crippen LogP contribution in [0.5, 0.6) is 0 Å². The zero-order valence-electron chi connectivity index (χ0n) is 11.6. The molecule has 0 fully saturated rings. The van der Waals surface area contributed by atoms with Crippen molar-refractivity contribution >= 4 is 12.2 Å². The van der Waals surface area contributed by atoms with Crippen molar-refractivity contribution in [2.75, 3.05) is 0 Å². The van der Waals surface area contributed by atoms with Crippen molar-refractivity contribution in [3.8, 4) is 11.3 Å². The van der Waals surface area contributed by atoms with Crippen LogP contribution < -0.4 is 5.56 Å². The van der Waals surface area contributed by atoms with Gasteiger partial charge >= 0.3 is 0 Å². The molecule has 110 valence electrons. The highest BCUT2D eigenvalue weighted by atomic mass is 32.1. The monoisotopic (exact) mass is 312 g/mol.